The highest BCUT2D eigenvalue weighted by atomic mass is 16.2. The van der Waals surface area contributed by atoms with Crippen LogP contribution in [0.2, 0.25) is 0 Å². The van der Waals surface area contributed by atoms with E-state index in [1.165, 1.54) is 4.68 Å². The fourth-order valence-corrected chi connectivity index (χ4v) is 3.87. The monoisotopic (exact) mass is 399 g/mol. The van der Waals surface area contributed by atoms with Crippen molar-refractivity contribution in [2.75, 3.05) is 13.1 Å². The molecule has 4 aromatic rings. The smallest absolute Gasteiger partial charge is 0.335 e. The lowest BCUT2D eigenvalue weighted by Crippen LogP contribution is -2.35. The van der Waals surface area contributed by atoms with Gasteiger partial charge in [-0.15, -0.1) is 0 Å². The van der Waals surface area contributed by atoms with Gasteiger partial charge in [-0.05, 0) is 17.7 Å². The maximum Gasteiger partial charge on any atom is 0.346 e. The van der Waals surface area contributed by atoms with Gasteiger partial charge < -0.3 is 4.90 Å². The maximum absolute atomic E-state index is 13.0. The Morgan fingerprint density at radius 1 is 0.900 bits per heavy atom. The Kier molecular flexibility index (Phi) is 4.63. The molecule has 2 aromatic carbocycles. The van der Waals surface area contributed by atoms with Crippen LogP contribution in [-0.4, -0.2) is 43.2 Å². The molecule has 0 atom stereocenters. The molecule has 1 aliphatic rings. The lowest BCUT2D eigenvalue weighted by molar-refractivity contribution is 0.0753. The number of rotatable bonds is 3. The summed E-state index contributed by atoms with van der Waals surface area (Å²) in [5, 5.41) is 5.53. The number of carbonyl (C=O) groups excluding carboxylic acids is 1. The number of fused-ring (bicyclic) bond motifs is 2. The van der Waals surface area contributed by atoms with Crippen molar-refractivity contribution < 1.29 is 4.79 Å². The SMILES string of the molecule is O=C(c1ccc2ccccc2n1)N1CCc2nn(Cc3ccccc3)c(=O)n2CC1. The largest absolute Gasteiger partial charge is 0.346 e. The first kappa shape index (κ1) is 18.3. The Bertz CT molecular complexity index is 1280. The summed E-state index contributed by atoms with van der Waals surface area (Å²) in [5.41, 5.74) is 2.13. The summed E-state index contributed by atoms with van der Waals surface area (Å²) in [6.07, 6.45) is 0.538. The highest BCUT2D eigenvalue weighted by molar-refractivity contribution is 5.94. The van der Waals surface area contributed by atoms with Gasteiger partial charge in [-0.25, -0.2) is 14.5 Å². The maximum atomic E-state index is 13.0. The van der Waals surface area contributed by atoms with Gasteiger partial charge in [0.05, 0.1) is 12.1 Å². The van der Waals surface area contributed by atoms with Crippen molar-refractivity contribution in [3.63, 3.8) is 0 Å². The molecule has 0 N–H and O–H groups in total. The van der Waals surface area contributed by atoms with E-state index in [0.717, 1.165) is 22.3 Å². The summed E-state index contributed by atoms with van der Waals surface area (Å²) in [5.74, 6) is 0.605. The van der Waals surface area contributed by atoms with E-state index in [2.05, 4.69) is 10.1 Å². The fraction of sp³-hybridized carbons (Fsp3) is 0.217. The van der Waals surface area contributed by atoms with Crippen LogP contribution in [0.25, 0.3) is 10.9 Å². The molecule has 0 fully saturated rings. The number of pyridine rings is 1. The van der Waals surface area contributed by atoms with Crippen LogP contribution in [0.3, 0.4) is 0 Å². The number of nitrogens with zero attached hydrogens (tertiary/aromatic N) is 5. The number of hydrogen-bond acceptors (Lipinski definition) is 4. The molecular formula is C23H21N5O2. The summed E-state index contributed by atoms with van der Waals surface area (Å²) in [6.45, 7) is 1.85. The minimum Gasteiger partial charge on any atom is -0.335 e. The van der Waals surface area contributed by atoms with Crippen LogP contribution in [-0.2, 0) is 19.5 Å². The van der Waals surface area contributed by atoms with Gasteiger partial charge in [-0.1, -0.05) is 54.6 Å². The molecule has 0 bridgehead atoms. The highest BCUT2D eigenvalue weighted by Gasteiger charge is 2.24. The van der Waals surface area contributed by atoms with Gasteiger partial charge in [0.1, 0.15) is 11.5 Å². The minimum absolute atomic E-state index is 0.115. The van der Waals surface area contributed by atoms with E-state index in [0.29, 0.717) is 38.3 Å². The van der Waals surface area contributed by atoms with E-state index in [9.17, 15) is 9.59 Å². The number of para-hydroxylation sites is 1. The van der Waals surface area contributed by atoms with Crippen LogP contribution < -0.4 is 5.69 Å². The molecule has 0 saturated heterocycles. The Balaban J connectivity index is 1.34. The fourth-order valence-electron chi connectivity index (χ4n) is 3.87. The van der Waals surface area contributed by atoms with E-state index < -0.39 is 0 Å². The van der Waals surface area contributed by atoms with Gasteiger partial charge in [-0.3, -0.25) is 9.36 Å². The van der Waals surface area contributed by atoms with Crippen LogP contribution in [0.15, 0.2) is 71.5 Å². The Morgan fingerprint density at radius 2 is 1.70 bits per heavy atom. The van der Waals surface area contributed by atoms with Crippen molar-refractivity contribution in [2.24, 2.45) is 0 Å². The average Bonchev–Trinajstić information content (AvgIpc) is 2.95. The van der Waals surface area contributed by atoms with Crippen LogP contribution in [0.4, 0.5) is 0 Å². The number of carbonyl (C=O) groups is 1. The van der Waals surface area contributed by atoms with E-state index in [4.69, 9.17) is 0 Å². The number of amides is 1. The highest BCUT2D eigenvalue weighted by Crippen LogP contribution is 2.14. The molecular weight excluding hydrogens is 378 g/mol. The van der Waals surface area contributed by atoms with Gasteiger partial charge >= 0.3 is 5.69 Å². The molecule has 7 nitrogen and oxygen atoms in total. The van der Waals surface area contributed by atoms with E-state index in [1.54, 1.807) is 15.5 Å². The van der Waals surface area contributed by atoms with E-state index in [1.807, 2.05) is 60.7 Å². The van der Waals surface area contributed by atoms with Crippen LogP contribution in [0.1, 0.15) is 21.9 Å². The summed E-state index contributed by atoms with van der Waals surface area (Å²) in [4.78, 5) is 32.1. The zero-order chi connectivity index (χ0) is 20.5. The first-order chi connectivity index (χ1) is 14.7. The van der Waals surface area contributed by atoms with Gasteiger partial charge in [-0.2, -0.15) is 5.10 Å². The molecule has 0 unspecified atom stereocenters. The molecule has 1 aliphatic heterocycles. The average molecular weight is 399 g/mol. The predicted molar refractivity (Wildman–Crippen MR) is 113 cm³/mol. The molecule has 3 heterocycles. The lowest BCUT2D eigenvalue weighted by Gasteiger charge is -2.19. The minimum atomic E-state index is -0.132. The number of hydrogen-bond donors (Lipinski definition) is 0. The van der Waals surface area contributed by atoms with Crippen LogP contribution in [0, 0.1) is 0 Å². The molecule has 1 amide bonds. The Morgan fingerprint density at radius 3 is 2.57 bits per heavy atom. The lowest BCUT2D eigenvalue weighted by atomic mass is 10.2. The van der Waals surface area contributed by atoms with Gasteiger partial charge in [0.2, 0.25) is 0 Å². The quantitative estimate of drug-likeness (QED) is 0.530. The van der Waals surface area contributed by atoms with Crippen molar-refractivity contribution in [2.45, 2.75) is 19.5 Å². The van der Waals surface area contributed by atoms with Gasteiger partial charge in [0, 0.05) is 31.4 Å². The molecule has 2 aromatic heterocycles. The molecule has 0 radical (unpaired) electrons. The standard InChI is InChI=1S/C23H21N5O2/c29-22(20-11-10-18-8-4-5-9-19(18)24-20)26-13-12-21-25-28(23(30)27(21)15-14-26)16-17-6-2-1-3-7-17/h1-11H,12-16H2. The van der Waals surface area contributed by atoms with Gasteiger partial charge in [0.25, 0.3) is 5.91 Å². The molecule has 0 aliphatic carbocycles. The third kappa shape index (κ3) is 3.39. The number of aromatic nitrogens is 4. The van der Waals surface area contributed by atoms with Crippen molar-refractivity contribution in [3.8, 4) is 0 Å². The first-order valence-corrected chi connectivity index (χ1v) is 10.0. The van der Waals surface area contributed by atoms with Crippen molar-refractivity contribution in [1.29, 1.82) is 0 Å². The molecule has 5 rings (SSSR count). The predicted octanol–water partition coefficient (Wildman–Crippen LogP) is 2.34. The molecule has 0 spiro atoms. The van der Waals surface area contributed by atoms with Crippen molar-refractivity contribution in [3.05, 3.63) is 94.3 Å². The Hall–Kier alpha value is -3.74. The first-order valence-electron chi connectivity index (χ1n) is 10.0. The zero-order valence-electron chi connectivity index (χ0n) is 16.4. The third-order valence-corrected chi connectivity index (χ3v) is 5.48. The summed E-state index contributed by atoms with van der Waals surface area (Å²) < 4.78 is 3.19. The van der Waals surface area contributed by atoms with Crippen LogP contribution in [0.5, 0.6) is 0 Å². The summed E-state index contributed by atoms with van der Waals surface area (Å²) in [6, 6.07) is 21.2. The summed E-state index contributed by atoms with van der Waals surface area (Å²) in [7, 11) is 0. The van der Waals surface area contributed by atoms with Crippen LogP contribution >= 0.6 is 0 Å². The van der Waals surface area contributed by atoms with Gasteiger partial charge in [0.15, 0.2) is 0 Å². The van der Waals surface area contributed by atoms with E-state index >= 15 is 0 Å². The second-order valence-electron chi connectivity index (χ2n) is 7.43. The molecule has 7 heteroatoms. The normalized spacial score (nSPS) is 13.8. The second kappa shape index (κ2) is 7.59. The number of benzene rings is 2. The molecule has 30 heavy (non-hydrogen) atoms. The van der Waals surface area contributed by atoms with E-state index in [-0.39, 0.29) is 11.6 Å². The summed E-state index contributed by atoms with van der Waals surface area (Å²) >= 11 is 0. The van der Waals surface area contributed by atoms with Crippen molar-refractivity contribution in [1.82, 2.24) is 24.2 Å². The molecule has 0 saturated carbocycles. The molecule has 150 valence electrons. The third-order valence-electron chi connectivity index (χ3n) is 5.48. The second-order valence-corrected chi connectivity index (χ2v) is 7.43. The van der Waals surface area contributed by atoms with Crippen molar-refractivity contribution >= 4 is 16.8 Å². The zero-order valence-corrected chi connectivity index (χ0v) is 16.4. The Labute approximate surface area is 173 Å². The topological polar surface area (TPSA) is 73.0 Å².